The summed E-state index contributed by atoms with van der Waals surface area (Å²) in [6.07, 6.45) is 0.970. The number of piperidine rings is 1. The summed E-state index contributed by atoms with van der Waals surface area (Å²) in [6, 6.07) is 11.0. The molecule has 0 bridgehead atoms. The first-order valence-corrected chi connectivity index (χ1v) is 6.50. The number of β-amino-alcohol motifs (C(OH)–C–C–N with tert-alkyl or cyclic N) is 1. The summed E-state index contributed by atoms with van der Waals surface area (Å²) < 4.78 is 0. The Morgan fingerprint density at radius 3 is 2.88 bits per heavy atom. The van der Waals surface area contributed by atoms with Crippen LogP contribution in [0.5, 0.6) is 0 Å². The minimum atomic E-state index is -0.160. The van der Waals surface area contributed by atoms with Gasteiger partial charge >= 0.3 is 0 Å². The number of likely N-dealkylation sites (tertiary alicyclic amines) is 1. The molecular formula is C14H20N2O. The van der Waals surface area contributed by atoms with E-state index in [0.29, 0.717) is 12.0 Å². The topological polar surface area (TPSA) is 35.5 Å². The second kappa shape index (κ2) is 4.77. The summed E-state index contributed by atoms with van der Waals surface area (Å²) in [7, 11) is 0. The predicted octanol–water partition coefficient (Wildman–Crippen LogP) is 0.841. The van der Waals surface area contributed by atoms with Crippen molar-refractivity contribution in [3.8, 4) is 0 Å². The fourth-order valence-electron chi connectivity index (χ4n) is 3.17. The predicted molar refractivity (Wildman–Crippen MR) is 67.6 cm³/mol. The first-order chi connectivity index (χ1) is 8.33. The van der Waals surface area contributed by atoms with Gasteiger partial charge in [0.05, 0.1) is 6.10 Å². The number of fused-ring (bicyclic) bond motifs is 1. The Hall–Kier alpha value is -0.900. The molecule has 0 aliphatic carbocycles. The van der Waals surface area contributed by atoms with E-state index in [2.05, 4.69) is 34.5 Å². The molecule has 92 valence electrons. The van der Waals surface area contributed by atoms with Crippen LogP contribution in [0.15, 0.2) is 30.3 Å². The largest absolute Gasteiger partial charge is 0.391 e. The number of nitrogens with one attached hydrogen (secondary N) is 1. The minimum Gasteiger partial charge on any atom is -0.391 e. The summed E-state index contributed by atoms with van der Waals surface area (Å²) in [5.41, 5.74) is 1.33. The number of hydrogen-bond donors (Lipinski definition) is 2. The van der Waals surface area contributed by atoms with Crippen LogP contribution in [0.3, 0.4) is 0 Å². The lowest BCUT2D eigenvalue weighted by Crippen LogP contribution is -2.52. The Bertz CT molecular complexity index is 368. The van der Waals surface area contributed by atoms with E-state index >= 15 is 0 Å². The zero-order valence-corrected chi connectivity index (χ0v) is 10.0. The molecule has 2 aliphatic rings. The summed E-state index contributed by atoms with van der Waals surface area (Å²) in [5, 5.41) is 13.6. The summed E-state index contributed by atoms with van der Waals surface area (Å²) in [5.74, 6) is 0.474. The molecule has 2 N–H and O–H groups in total. The van der Waals surface area contributed by atoms with Crippen molar-refractivity contribution >= 4 is 0 Å². The van der Waals surface area contributed by atoms with Gasteiger partial charge in [0.15, 0.2) is 0 Å². The van der Waals surface area contributed by atoms with Crippen molar-refractivity contribution < 1.29 is 5.11 Å². The van der Waals surface area contributed by atoms with Gasteiger partial charge in [0.25, 0.3) is 0 Å². The second-order valence-electron chi connectivity index (χ2n) is 5.26. The van der Waals surface area contributed by atoms with Crippen LogP contribution in [0.25, 0.3) is 0 Å². The normalized spacial score (nSPS) is 33.6. The van der Waals surface area contributed by atoms with Gasteiger partial charge in [-0.15, -0.1) is 0 Å². The lowest BCUT2D eigenvalue weighted by Gasteiger charge is -2.38. The van der Waals surface area contributed by atoms with Crippen LogP contribution >= 0.6 is 0 Å². The van der Waals surface area contributed by atoms with E-state index in [9.17, 15) is 5.11 Å². The molecule has 1 aromatic rings. The summed E-state index contributed by atoms with van der Waals surface area (Å²) in [6.45, 7) is 3.89. The molecule has 1 aromatic carbocycles. The molecule has 0 radical (unpaired) electrons. The van der Waals surface area contributed by atoms with Crippen LogP contribution in [0, 0.1) is 5.92 Å². The second-order valence-corrected chi connectivity index (χ2v) is 5.26. The van der Waals surface area contributed by atoms with Gasteiger partial charge in [0, 0.05) is 31.6 Å². The average molecular weight is 232 g/mol. The Morgan fingerprint density at radius 2 is 2.06 bits per heavy atom. The molecule has 3 unspecified atom stereocenters. The number of hydrogen-bond acceptors (Lipinski definition) is 3. The monoisotopic (exact) mass is 232 g/mol. The molecule has 0 spiro atoms. The molecule has 0 saturated carbocycles. The Balaban J connectivity index is 1.65. The van der Waals surface area contributed by atoms with Gasteiger partial charge in [-0.25, -0.2) is 0 Å². The van der Waals surface area contributed by atoms with E-state index in [0.717, 1.165) is 32.6 Å². The van der Waals surface area contributed by atoms with Crippen LogP contribution in [0.2, 0.25) is 0 Å². The van der Waals surface area contributed by atoms with Gasteiger partial charge < -0.3 is 10.4 Å². The van der Waals surface area contributed by atoms with Crippen molar-refractivity contribution in [2.45, 2.75) is 25.1 Å². The van der Waals surface area contributed by atoms with E-state index < -0.39 is 0 Å². The van der Waals surface area contributed by atoms with Gasteiger partial charge in [0.2, 0.25) is 0 Å². The maximum absolute atomic E-state index is 10.1. The van der Waals surface area contributed by atoms with Crippen LogP contribution in [0.1, 0.15) is 12.0 Å². The smallest absolute Gasteiger partial charge is 0.0711 e. The number of nitrogens with zero attached hydrogens (tertiary/aromatic N) is 1. The highest BCUT2D eigenvalue weighted by Gasteiger charge is 2.38. The van der Waals surface area contributed by atoms with Crippen molar-refractivity contribution in [1.82, 2.24) is 10.2 Å². The highest BCUT2D eigenvalue weighted by molar-refractivity contribution is 5.14. The van der Waals surface area contributed by atoms with E-state index in [-0.39, 0.29) is 6.10 Å². The number of benzene rings is 1. The Morgan fingerprint density at radius 1 is 1.24 bits per heavy atom. The van der Waals surface area contributed by atoms with Gasteiger partial charge in [-0.3, -0.25) is 4.90 Å². The van der Waals surface area contributed by atoms with Crippen molar-refractivity contribution in [3.63, 3.8) is 0 Å². The van der Waals surface area contributed by atoms with E-state index in [1.165, 1.54) is 5.56 Å². The molecule has 2 saturated heterocycles. The van der Waals surface area contributed by atoms with Gasteiger partial charge in [-0.2, -0.15) is 0 Å². The lowest BCUT2D eigenvalue weighted by atomic mass is 9.89. The average Bonchev–Trinajstić information content (AvgIpc) is 2.79. The molecule has 2 heterocycles. The van der Waals surface area contributed by atoms with Gasteiger partial charge in [0.1, 0.15) is 0 Å². The summed E-state index contributed by atoms with van der Waals surface area (Å²) >= 11 is 0. The zero-order chi connectivity index (χ0) is 11.7. The van der Waals surface area contributed by atoms with Crippen LogP contribution < -0.4 is 5.32 Å². The molecular weight excluding hydrogens is 212 g/mol. The quantitative estimate of drug-likeness (QED) is 0.793. The maximum Gasteiger partial charge on any atom is 0.0711 e. The molecule has 3 heteroatoms. The highest BCUT2D eigenvalue weighted by atomic mass is 16.3. The number of aliphatic hydroxyl groups is 1. The van der Waals surface area contributed by atoms with Gasteiger partial charge in [-0.1, -0.05) is 30.3 Å². The molecule has 0 amide bonds. The van der Waals surface area contributed by atoms with Crippen molar-refractivity contribution in [1.29, 1.82) is 0 Å². The molecule has 3 atom stereocenters. The van der Waals surface area contributed by atoms with E-state index in [1.807, 2.05) is 6.07 Å². The molecule has 3 rings (SSSR count). The van der Waals surface area contributed by atoms with Crippen molar-refractivity contribution in [2.75, 3.05) is 19.6 Å². The zero-order valence-electron chi connectivity index (χ0n) is 10.0. The lowest BCUT2D eigenvalue weighted by molar-refractivity contribution is 0.0124. The Kier molecular flexibility index (Phi) is 3.14. The fourth-order valence-corrected chi connectivity index (χ4v) is 3.17. The van der Waals surface area contributed by atoms with Crippen molar-refractivity contribution in [2.24, 2.45) is 5.92 Å². The third-order valence-electron chi connectivity index (χ3n) is 4.04. The number of aliphatic hydroxyl groups excluding tert-OH is 1. The molecule has 0 aromatic heterocycles. The van der Waals surface area contributed by atoms with Crippen molar-refractivity contribution in [3.05, 3.63) is 35.9 Å². The third kappa shape index (κ3) is 2.37. The van der Waals surface area contributed by atoms with Gasteiger partial charge in [-0.05, 0) is 18.5 Å². The fraction of sp³-hybridized carbons (Fsp3) is 0.571. The SMILES string of the molecule is OC1CN(Cc2ccccc2)CC2NCCC12. The van der Waals surface area contributed by atoms with E-state index in [4.69, 9.17) is 0 Å². The van der Waals surface area contributed by atoms with Crippen LogP contribution in [-0.4, -0.2) is 41.8 Å². The first-order valence-electron chi connectivity index (χ1n) is 6.50. The molecule has 2 aliphatic heterocycles. The standard InChI is InChI=1S/C14H20N2O/c17-14-10-16(8-11-4-2-1-3-5-11)9-13-12(14)6-7-15-13/h1-5,12-15,17H,6-10H2. The molecule has 17 heavy (non-hydrogen) atoms. The number of rotatable bonds is 2. The minimum absolute atomic E-state index is 0.160. The maximum atomic E-state index is 10.1. The highest BCUT2D eigenvalue weighted by Crippen LogP contribution is 2.26. The van der Waals surface area contributed by atoms with Crippen LogP contribution in [-0.2, 0) is 6.54 Å². The molecule has 3 nitrogen and oxygen atoms in total. The summed E-state index contributed by atoms with van der Waals surface area (Å²) in [4.78, 5) is 2.36. The Labute approximate surface area is 102 Å². The molecule has 2 fully saturated rings. The first kappa shape index (κ1) is 11.2. The third-order valence-corrected chi connectivity index (χ3v) is 4.04. The van der Waals surface area contributed by atoms with Crippen LogP contribution in [0.4, 0.5) is 0 Å². The van der Waals surface area contributed by atoms with E-state index in [1.54, 1.807) is 0 Å².